The Kier molecular flexibility index (Phi) is 23.3. The monoisotopic (exact) mass is 979 g/mol. The first-order valence-electron chi connectivity index (χ1n) is 19.6. The van der Waals surface area contributed by atoms with Crippen LogP contribution in [0.3, 0.4) is 0 Å². The van der Waals surface area contributed by atoms with E-state index in [0.29, 0.717) is 35.4 Å². The van der Waals surface area contributed by atoms with Crippen LogP contribution < -0.4 is 22.3 Å². The van der Waals surface area contributed by atoms with Gasteiger partial charge in [-0.25, -0.2) is 35.0 Å². The third-order valence-corrected chi connectivity index (χ3v) is 10.9. The molecular weight excluding hydrogens is 920 g/mol. The SMILES string of the molecule is C[C@@H](N)C(=O)OC1CCCC1.C[C@H](Cn1cnc2c(N)ncnc21)OCP(=O)(O)N[C@H](C)C(=O)OC1CCCC1.C[C@H](Cn1cnc2c(N)ncnc21)OCP(=O)(O)O.Cl.[3H]F.[V]. The summed E-state index contributed by atoms with van der Waals surface area (Å²) >= 11 is 0. The first kappa shape index (κ1) is 54.8. The van der Waals surface area contributed by atoms with Gasteiger partial charge in [0, 0.05) is 18.6 Å². The maximum absolute atomic E-state index is 12.4. The topological polar surface area (TPSA) is 343 Å². The van der Waals surface area contributed by atoms with E-state index >= 15 is 0 Å². The molecule has 2 saturated carbocycles. The zero-order valence-electron chi connectivity index (χ0n) is 35.8. The van der Waals surface area contributed by atoms with Crippen LogP contribution in [0.2, 0.25) is 0 Å². The summed E-state index contributed by atoms with van der Waals surface area (Å²) in [5.41, 5.74) is 18.9. The van der Waals surface area contributed by atoms with Crippen LogP contribution in [0.25, 0.3) is 22.3 Å². The molecule has 0 saturated heterocycles. The number of carbonyl (C=O) groups is 2. The van der Waals surface area contributed by atoms with Gasteiger partial charge in [0.15, 0.2) is 22.9 Å². The van der Waals surface area contributed by atoms with Crippen LogP contribution in [-0.4, -0.2) is 116 Å². The van der Waals surface area contributed by atoms with Gasteiger partial charge in [-0.3, -0.25) is 23.4 Å². The van der Waals surface area contributed by atoms with Gasteiger partial charge in [-0.15, -0.1) is 12.4 Å². The molecule has 4 aromatic rings. The number of nitrogen functional groups attached to an aromatic ring is 2. The quantitative estimate of drug-likeness (QED) is 0.0627. The number of nitrogens with zero attached hydrogens (tertiary/aromatic N) is 8. The molecule has 5 atom stereocenters. The Bertz CT molecular complexity index is 2100. The standard InChI is InChI=1S/C17H27N6O5P.C9H14N5O4P.C8H15NO2.ClH.FH.V/c1-11(7-23-9-21-14-15(18)19-8-20-16(14)23)27-10-29(25,26)22-12(2)17(24)28-13-5-3-4-6-13;1-6(18-5-19(15,16)17)2-14-4-13-7-8(10)11-3-12-9(7)14;1-6(9)8(10)11-7-4-2-3-5-7;;;/h8-9,11-13H,3-7,10H2,1-2H3,(H2,18,19,20)(H2,22,25,26);3-4,6H,2,5H2,1H3,(H2,10,11,12)(H2,15,16,17);6-7H,2-5,9H2,1H3;2*1H;/t11-,12-;2*6-;;;/m111.../s1/i/hT. The molecule has 62 heavy (non-hydrogen) atoms. The van der Waals surface area contributed by atoms with E-state index in [1.54, 1.807) is 36.2 Å². The van der Waals surface area contributed by atoms with E-state index in [1.165, 1.54) is 38.7 Å². The second-order valence-corrected chi connectivity index (χ2v) is 18.1. The van der Waals surface area contributed by atoms with Gasteiger partial charge in [-0.1, -0.05) is 0 Å². The Morgan fingerprint density at radius 3 is 1.58 bits per heavy atom. The van der Waals surface area contributed by atoms with Crippen LogP contribution in [0.1, 0.15) is 79.1 Å². The average Bonchev–Trinajstić information content (AvgIpc) is 4.05. The molecule has 0 aromatic carbocycles. The first-order chi connectivity index (χ1) is 28.8. The maximum Gasteiger partial charge on any atom is 0.350 e. The Hall–Kier alpha value is -3.38. The van der Waals surface area contributed by atoms with Crippen LogP contribution in [-0.2, 0) is 69.3 Å². The second kappa shape index (κ2) is 26.4. The Morgan fingerprint density at radius 2 is 1.18 bits per heavy atom. The molecule has 349 valence electrons. The van der Waals surface area contributed by atoms with Crippen molar-refractivity contribution in [1.82, 2.24) is 44.1 Å². The minimum Gasteiger partial charge on any atom is -0.461 e. The van der Waals surface area contributed by atoms with Gasteiger partial charge in [0.2, 0.25) is 0 Å². The fourth-order valence-electron chi connectivity index (χ4n) is 6.12. The fourth-order valence-corrected chi connectivity index (χ4v) is 7.81. The number of ether oxygens (including phenoxy) is 4. The predicted molar refractivity (Wildman–Crippen MR) is 225 cm³/mol. The molecule has 0 aliphatic heterocycles. The van der Waals surface area contributed by atoms with Crippen LogP contribution in [0, 0.1) is 0 Å². The molecule has 1 unspecified atom stereocenters. The molecule has 0 spiro atoms. The Labute approximate surface area is 377 Å². The van der Waals surface area contributed by atoms with E-state index in [-0.39, 0.29) is 60.8 Å². The molecule has 0 bridgehead atoms. The van der Waals surface area contributed by atoms with Crippen LogP contribution in [0.5, 0.6) is 0 Å². The summed E-state index contributed by atoms with van der Waals surface area (Å²) in [7, 11) is -8.05. The minimum absolute atomic E-state index is 0. The number of hydrogen-bond acceptors (Lipinski definition) is 17. The van der Waals surface area contributed by atoms with Crippen molar-refractivity contribution in [3.8, 4) is 0 Å². The third kappa shape index (κ3) is 18.4. The van der Waals surface area contributed by atoms with Crippen molar-refractivity contribution in [3.05, 3.63) is 25.3 Å². The predicted octanol–water partition coefficient (Wildman–Crippen LogP) is 2.76. The number of esters is 2. The molecule has 6 rings (SSSR count). The van der Waals surface area contributed by atoms with Gasteiger partial charge in [0.05, 0.1) is 38.0 Å². The van der Waals surface area contributed by atoms with Gasteiger partial charge >= 0.3 is 19.5 Å². The molecular formula is C34H58ClFN12O11P2V. The third-order valence-electron chi connectivity index (χ3n) is 9.12. The van der Waals surface area contributed by atoms with Crippen LogP contribution in [0.15, 0.2) is 25.3 Å². The van der Waals surface area contributed by atoms with Gasteiger partial charge in [-0.05, 0) is 79.1 Å². The van der Waals surface area contributed by atoms with Crippen molar-refractivity contribution in [2.24, 2.45) is 5.73 Å². The maximum atomic E-state index is 12.4. The van der Waals surface area contributed by atoms with E-state index in [0.717, 1.165) is 38.5 Å². The van der Waals surface area contributed by atoms with Gasteiger partial charge in [0.25, 0.3) is 8.97 Å². The summed E-state index contributed by atoms with van der Waals surface area (Å²) in [5, 5.41) is 2.44. The second-order valence-electron chi connectivity index (χ2n) is 14.6. The molecule has 10 N–H and O–H groups in total. The summed E-state index contributed by atoms with van der Waals surface area (Å²) in [6.45, 7) is 7.32. The number of halogens is 2. The van der Waals surface area contributed by atoms with Crippen LogP contribution in [0.4, 0.5) is 16.4 Å². The van der Waals surface area contributed by atoms with Crippen molar-refractivity contribution in [3.63, 3.8) is 0 Å². The Balaban J connectivity index is 0.000000502. The molecule has 1 radical (unpaired) electrons. The van der Waals surface area contributed by atoms with Crippen molar-refractivity contribution >= 4 is 73.4 Å². The number of anilines is 2. The van der Waals surface area contributed by atoms with E-state index in [2.05, 4.69) is 36.4 Å². The molecule has 4 heterocycles. The smallest absolute Gasteiger partial charge is 0.350 e. The number of aromatic nitrogens is 8. The van der Waals surface area contributed by atoms with Crippen molar-refractivity contribution < 1.29 is 75.6 Å². The normalized spacial score (nSPS) is 17.1. The van der Waals surface area contributed by atoms with Crippen molar-refractivity contribution in [2.75, 3.05) is 24.2 Å². The molecule has 2 fully saturated rings. The minimum atomic E-state index is -4.16. The average molecular weight is 980 g/mol. The first-order valence-corrected chi connectivity index (χ1v) is 22.8. The number of nitrogens with one attached hydrogen (secondary N) is 1. The summed E-state index contributed by atoms with van der Waals surface area (Å²) < 4.78 is 60.6. The number of nitrogens with two attached hydrogens (primary N) is 3. The zero-order chi connectivity index (χ0) is 45.3. The summed E-state index contributed by atoms with van der Waals surface area (Å²) in [6.07, 6.45) is 12.1. The van der Waals surface area contributed by atoms with E-state index in [4.69, 9.17) is 50.7 Å². The molecule has 4 aromatic heterocycles. The van der Waals surface area contributed by atoms with Gasteiger partial charge in [0.1, 0.15) is 60.7 Å². The van der Waals surface area contributed by atoms with E-state index in [9.17, 15) is 23.6 Å². The number of carbonyl (C=O) groups excluding carboxylic acids is 2. The van der Waals surface area contributed by atoms with E-state index in [1.807, 2.05) is 0 Å². The molecule has 2 aliphatic rings. The Morgan fingerprint density at radius 1 is 0.774 bits per heavy atom. The van der Waals surface area contributed by atoms with Crippen LogP contribution >= 0.6 is 27.5 Å². The van der Waals surface area contributed by atoms with Crippen molar-refractivity contribution in [2.45, 2.75) is 129 Å². The number of hydrogen-bond donors (Lipinski definition) is 7. The number of rotatable bonds is 16. The molecule has 23 nitrogen and oxygen atoms in total. The number of fused-ring (bicyclic) bond motifs is 2. The van der Waals surface area contributed by atoms with Crippen molar-refractivity contribution in [1.29, 1.82) is 1.45 Å². The van der Waals surface area contributed by atoms with E-state index < -0.39 is 58.1 Å². The zero-order valence-corrected chi connectivity index (χ0v) is 38.8. The molecule has 28 heteroatoms. The fraction of sp³-hybridized carbons (Fsp3) is 0.647. The summed E-state index contributed by atoms with van der Waals surface area (Å²) in [5.74, 6) is -0.226. The largest absolute Gasteiger partial charge is 0.461 e. The summed E-state index contributed by atoms with van der Waals surface area (Å²) in [6, 6.07) is -1.38. The molecule has 0 amide bonds. The number of imidazole rings is 2. The van der Waals surface area contributed by atoms with Gasteiger partial charge in [-0.2, -0.15) is 0 Å². The van der Waals surface area contributed by atoms with Gasteiger partial charge < -0.3 is 60.0 Å². The summed E-state index contributed by atoms with van der Waals surface area (Å²) in [4.78, 5) is 74.8. The molecule has 2 aliphatic carbocycles.